The lowest BCUT2D eigenvalue weighted by atomic mass is 10.1. The fraction of sp³-hybridized carbons (Fsp3) is 0.579. The minimum absolute atomic E-state index is 0.0662. The number of fused-ring (bicyclic) bond motifs is 1. The van der Waals surface area contributed by atoms with E-state index >= 15 is 0 Å². The summed E-state index contributed by atoms with van der Waals surface area (Å²) in [6, 6.07) is 7.72. The van der Waals surface area contributed by atoms with Crippen LogP contribution in [0.1, 0.15) is 33.1 Å². The van der Waals surface area contributed by atoms with Crippen molar-refractivity contribution in [3.63, 3.8) is 0 Å². The maximum atomic E-state index is 12.6. The molecule has 2 heterocycles. The zero-order valence-corrected chi connectivity index (χ0v) is 15.2. The molecular formula is C19H28N4O2. The van der Waals surface area contributed by atoms with E-state index in [2.05, 4.69) is 10.2 Å². The molecule has 136 valence electrons. The van der Waals surface area contributed by atoms with E-state index in [1.807, 2.05) is 38.1 Å². The fourth-order valence-electron chi connectivity index (χ4n) is 3.77. The van der Waals surface area contributed by atoms with Gasteiger partial charge in [0.25, 0.3) is 0 Å². The topological polar surface area (TPSA) is 59.3 Å². The highest BCUT2D eigenvalue weighted by Gasteiger charge is 2.17. The number of likely N-dealkylation sites (tertiary alicyclic amines) is 1. The SMILES string of the molecule is CCn1c(=O)n(CC(=O)NC(C)CN2CCCCC2)c2ccccc21. The van der Waals surface area contributed by atoms with E-state index in [-0.39, 0.29) is 24.2 Å². The first-order valence-corrected chi connectivity index (χ1v) is 9.30. The lowest BCUT2D eigenvalue weighted by Gasteiger charge is -2.29. The van der Waals surface area contributed by atoms with Gasteiger partial charge in [0, 0.05) is 19.1 Å². The highest BCUT2D eigenvalue weighted by Crippen LogP contribution is 2.12. The van der Waals surface area contributed by atoms with Crippen LogP contribution in [-0.2, 0) is 17.9 Å². The molecular weight excluding hydrogens is 316 g/mol. The van der Waals surface area contributed by atoms with Crippen molar-refractivity contribution in [3.8, 4) is 0 Å². The number of carbonyl (C=O) groups is 1. The van der Waals surface area contributed by atoms with Crippen LogP contribution in [0.25, 0.3) is 11.0 Å². The number of para-hydroxylation sites is 2. The van der Waals surface area contributed by atoms with Gasteiger partial charge in [0.15, 0.2) is 0 Å². The summed E-state index contributed by atoms with van der Waals surface area (Å²) in [5.41, 5.74) is 1.57. The number of imidazole rings is 1. The van der Waals surface area contributed by atoms with Gasteiger partial charge in [-0.1, -0.05) is 18.6 Å². The first-order valence-electron chi connectivity index (χ1n) is 9.30. The molecule has 0 saturated carbocycles. The Hall–Kier alpha value is -2.08. The lowest BCUT2D eigenvalue weighted by molar-refractivity contribution is -0.122. The average Bonchev–Trinajstić information content (AvgIpc) is 2.87. The second kappa shape index (κ2) is 7.87. The maximum Gasteiger partial charge on any atom is 0.329 e. The van der Waals surface area contributed by atoms with Crippen LogP contribution in [0.4, 0.5) is 0 Å². The van der Waals surface area contributed by atoms with Crippen LogP contribution < -0.4 is 11.0 Å². The van der Waals surface area contributed by atoms with Gasteiger partial charge >= 0.3 is 5.69 Å². The molecule has 1 aliphatic heterocycles. The molecule has 6 heteroatoms. The number of benzene rings is 1. The zero-order chi connectivity index (χ0) is 17.8. The van der Waals surface area contributed by atoms with Crippen molar-refractivity contribution in [3.05, 3.63) is 34.7 Å². The number of hydrogen-bond acceptors (Lipinski definition) is 3. The van der Waals surface area contributed by atoms with Crippen LogP contribution in [0.5, 0.6) is 0 Å². The summed E-state index contributed by atoms with van der Waals surface area (Å²) in [6.45, 7) is 7.74. The standard InChI is InChI=1S/C19H28N4O2/c1-3-22-16-9-5-6-10-17(16)23(19(22)25)14-18(24)20-15(2)13-21-11-7-4-8-12-21/h5-6,9-10,15H,3-4,7-8,11-14H2,1-2H3,(H,20,24). The summed E-state index contributed by atoms with van der Waals surface area (Å²) in [7, 11) is 0. The predicted octanol–water partition coefficient (Wildman–Crippen LogP) is 1.81. The van der Waals surface area contributed by atoms with E-state index < -0.39 is 0 Å². The molecule has 1 saturated heterocycles. The van der Waals surface area contributed by atoms with Crippen LogP contribution in [-0.4, -0.2) is 45.6 Å². The van der Waals surface area contributed by atoms with Gasteiger partial charge in [-0.3, -0.25) is 13.9 Å². The summed E-state index contributed by atoms with van der Waals surface area (Å²) in [6.07, 6.45) is 3.79. The molecule has 1 atom stereocenters. The quantitative estimate of drug-likeness (QED) is 0.869. The van der Waals surface area contributed by atoms with E-state index in [1.54, 1.807) is 9.13 Å². The van der Waals surface area contributed by atoms with Crippen molar-refractivity contribution in [1.29, 1.82) is 0 Å². The molecule has 1 amide bonds. The minimum atomic E-state index is -0.123. The summed E-state index contributed by atoms with van der Waals surface area (Å²) < 4.78 is 3.28. The number of piperidine rings is 1. The largest absolute Gasteiger partial charge is 0.351 e. The molecule has 3 rings (SSSR count). The molecule has 0 bridgehead atoms. The highest BCUT2D eigenvalue weighted by molar-refractivity contribution is 5.81. The van der Waals surface area contributed by atoms with Crippen LogP contribution >= 0.6 is 0 Å². The number of nitrogens with zero attached hydrogens (tertiary/aromatic N) is 3. The van der Waals surface area contributed by atoms with Crippen molar-refractivity contribution < 1.29 is 4.79 Å². The molecule has 0 spiro atoms. The van der Waals surface area contributed by atoms with Gasteiger partial charge in [0.2, 0.25) is 5.91 Å². The predicted molar refractivity (Wildman–Crippen MR) is 99.8 cm³/mol. The summed E-state index contributed by atoms with van der Waals surface area (Å²) in [5, 5.41) is 3.05. The van der Waals surface area contributed by atoms with Gasteiger partial charge in [-0.15, -0.1) is 0 Å². The molecule has 1 N–H and O–H groups in total. The first kappa shape index (κ1) is 17.7. The van der Waals surface area contributed by atoms with Crippen molar-refractivity contribution in [2.75, 3.05) is 19.6 Å². The fourth-order valence-corrected chi connectivity index (χ4v) is 3.77. The molecule has 1 aromatic heterocycles. The summed E-state index contributed by atoms with van der Waals surface area (Å²) >= 11 is 0. The Labute approximate surface area is 148 Å². The van der Waals surface area contributed by atoms with E-state index in [0.29, 0.717) is 6.54 Å². The summed E-state index contributed by atoms with van der Waals surface area (Å²) in [4.78, 5) is 27.5. The van der Waals surface area contributed by atoms with Gasteiger partial charge in [0.1, 0.15) is 6.54 Å². The van der Waals surface area contributed by atoms with Crippen molar-refractivity contribution >= 4 is 16.9 Å². The van der Waals surface area contributed by atoms with Crippen molar-refractivity contribution in [2.24, 2.45) is 0 Å². The van der Waals surface area contributed by atoms with Crippen LogP contribution in [0.15, 0.2) is 29.1 Å². The molecule has 2 aromatic rings. The van der Waals surface area contributed by atoms with Gasteiger partial charge in [-0.05, 0) is 51.9 Å². The third kappa shape index (κ3) is 3.95. The van der Waals surface area contributed by atoms with E-state index in [9.17, 15) is 9.59 Å². The number of amides is 1. The Morgan fingerprint density at radius 1 is 1.12 bits per heavy atom. The minimum Gasteiger partial charge on any atom is -0.351 e. The van der Waals surface area contributed by atoms with Crippen molar-refractivity contribution in [1.82, 2.24) is 19.4 Å². The molecule has 6 nitrogen and oxygen atoms in total. The van der Waals surface area contributed by atoms with Crippen molar-refractivity contribution in [2.45, 2.75) is 52.2 Å². The Kier molecular flexibility index (Phi) is 5.58. The molecule has 0 aliphatic carbocycles. The van der Waals surface area contributed by atoms with Gasteiger partial charge in [-0.2, -0.15) is 0 Å². The number of nitrogens with one attached hydrogen (secondary N) is 1. The number of rotatable bonds is 6. The Balaban J connectivity index is 1.67. The number of carbonyl (C=O) groups excluding carboxylic acids is 1. The van der Waals surface area contributed by atoms with Crippen LogP contribution in [0, 0.1) is 0 Å². The second-order valence-electron chi connectivity index (χ2n) is 6.93. The number of aryl methyl sites for hydroxylation is 1. The molecule has 1 fully saturated rings. The first-order chi connectivity index (χ1) is 12.1. The lowest BCUT2D eigenvalue weighted by Crippen LogP contribution is -2.45. The monoisotopic (exact) mass is 344 g/mol. The third-order valence-corrected chi connectivity index (χ3v) is 4.93. The van der Waals surface area contributed by atoms with E-state index in [1.165, 1.54) is 19.3 Å². The average molecular weight is 344 g/mol. The van der Waals surface area contributed by atoms with E-state index in [4.69, 9.17) is 0 Å². The highest BCUT2D eigenvalue weighted by atomic mass is 16.2. The van der Waals surface area contributed by atoms with Gasteiger partial charge in [0.05, 0.1) is 11.0 Å². The van der Waals surface area contributed by atoms with Crippen LogP contribution in [0.3, 0.4) is 0 Å². The smallest absolute Gasteiger partial charge is 0.329 e. The van der Waals surface area contributed by atoms with E-state index in [0.717, 1.165) is 30.7 Å². The number of aromatic nitrogens is 2. The zero-order valence-electron chi connectivity index (χ0n) is 15.2. The molecule has 0 radical (unpaired) electrons. The Bertz CT molecular complexity index is 786. The second-order valence-corrected chi connectivity index (χ2v) is 6.93. The van der Waals surface area contributed by atoms with Crippen LogP contribution in [0.2, 0.25) is 0 Å². The number of hydrogen-bond donors (Lipinski definition) is 1. The summed E-state index contributed by atoms with van der Waals surface area (Å²) in [5.74, 6) is -0.106. The molecule has 1 aromatic carbocycles. The maximum absolute atomic E-state index is 12.6. The third-order valence-electron chi connectivity index (χ3n) is 4.93. The van der Waals surface area contributed by atoms with Gasteiger partial charge in [-0.25, -0.2) is 4.79 Å². The Morgan fingerprint density at radius 3 is 2.40 bits per heavy atom. The molecule has 1 aliphatic rings. The Morgan fingerprint density at radius 2 is 1.76 bits per heavy atom. The molecule has 1 unspecified atom stereocenters. The normalized spacial score (nSPS) is 16.9. The van der Waals surface area contributed by atoms with Gasteiger partial charge < -0.3 is 10.2 Å². The molecule has 25 heavy (non-hydrogen) atoms.